The molecule has 1 heterocycles. The van der Waals surface area contributed by atoms with Crippen molar-refractivity contribution < 1.29 is 27.1 Å². The highest BCUT2D eigenvalue weighted by molar-refractivity contribution is 7.89. The Kier molecular flexibility index (Phi) is 7.44. The predicted molar refractivity (Wildman–Crippen MR) is 118 cm³/mol. The van der Waals surface area contributed by atoms with Crippen LogP contribution < -0.4 is 16.0 Å². The molecule has 9 nitrogen and oxygen atoms in total. The van der Waals surface area contributed by atoms with Gasteiger partial charge in [-0.1, -0.05) is 0 Å². The number of halogens is 1. The number of morpholine rings is 1. The summed E-state index contributed by atoms with van der Waals surface area (Å²) in [5, 5.41) is 7.91. The van der Waals surface area contributed by atoms with Crippen LogP contribution in [0.3, 0.4) is 0 Å². The van der Waals surface area contributed by atoms with Gasteiger partial charge in [-0.3, -0.25) is 4.79 Å². The molecule has 1 aliphatic heterocycles. The van der Waals surface area contributed by atoms with Crippen molar-refractivity contribution in [3.05, 3.63) is 53.8 Å². The van der Waals surface area contributed by atoms with E-state index in [4.69, 9.17) is 4.74 Å². The van der Waals surface area contributed by atoms with Crippen molar-refractivity contribution in [2.45, 2.75) is 24.8 Å². The molecule has 3 N–H and O–H groups in total. The maximum Gasteiger partial charge on any atom is 0.319 e. The van der Waals surface area contributed by atoms with E-state index in [2.05, 4.69) is 16.0 Å². The molecule has 0 spiro atoms. The van der Waals surface area contributed by atoms with Crippen LogP contribution in [-0.2, 0) is 14.8 Å². The molecule has 172 valence electrons. The van der Waals surface area contributed by atoms with Crippen LogP contribution in [0, 0.1) is 5.82 Å². The SMILES string of the molecule is CC(C)NC(=O)Nc1ccc(C(=O)Nc2ccc(F)c(S(=O)(=O)N3CCOCC3)c2)cc1. The summed E-state index contributed by atoms with van der Waals surface area (Å²) in [6.45, 7) is 4.41. The van der Waals surface area contributed by atoms with Crippen LogP contribution in [0.5, 0.6) is 0 Å². The number of sulfonamides is 1. The molecule has 3 rings (SSSR count). The van der Waals surface area contributed by atoms with Crippen LogP contribution in [0.2, 0.25) is 0 Å². The molecule has 2 aromatic rings. The zero-order chi connectivity index (χ0) is 23.3. The Morgan fingerprint density at radius 1 is 1.00 bits per heavy atom. The summed E-state index contributed by atoms with van der Waals surface area (Å²) in [4.78, 5) is 23.8. The van der Waals surface area contributed by atoms with Crippen molar-refractivity contribution in [2.75, 3.05) is 36.9 Å². The number of carbonyl (C=O) groups excluding carboxylic acids is 2. The third-order valence-electron chi connectivity index (χ3n) is 4.60. The number of hydrogen-bond acceptors (Lipinski definition) is 5. The highest BCUT2D eigenvalue weighted by atomic mass is 32.2. The lowest BCUT2D eigenvalue weighted by Gasteiger charge is -2.26. The first-order valence-corrected chi connectivity index (χ1v) is 11.5. The minimum absolute atomic E-state index is 0.0206. The molecule has 11 heteroatoms. The monoisotopic (exact) mass is 464 g/mol. The van der Waals surface area contributed by atoms with Gasteiger partial charge in [0, 0.05) is 36.1 Å². The second-order valence-corrected chi connectivity index (χ2v) is 9.35. The van der Waals surface area contributed by atoms with E-state index >= 15 is 0 Å². The van der Waals surface area contributed by atoms with Gasteiger partial charge in [0.05, 0.1) is 13.2 Å². The smallest absolute Gasteiger partial charge is 0.319 e. The molecule has 0 unspecified atom stereocenters. The average molecular weight is 465 g/mol. The maximum absolute atomic E-state index is 14.3. The van der Waals surface area contributed by atoms with Crippen molar-refractivity contribution in [1.29, 1.82) is 0 Å². The van der Waals surface area contributed by atoms with E-state index < -0.39 is 26.6 Å². The number of benzene rings is 2. The van der Waals surface area contributed by atoms with E-state index in [9.17, 15) is 22.4 Å². The number of anilines is 2. The number of urea groups is 1. The first kappa shape index (κ1) is 23.6. The average Bonchev–Trinajstić information content (AvgIpc) is 2.75. The van der Waals surface area contributed by atoms with Gasteiger partial charge < -0.3 is 20.7 Å². The second kappa shape index (κ2) is 10.1. The summed E-state index contributed by atoms with van der Waals surface area (Å²) < 4.78 is 46.2. The minimum Gasteiger partial charge on any atom is -0.379 e. The molecule has 1 fully saturated rings. The van der Waals surface area contributed by atoms with Crippen LogP contribution >= 0.6 is 0 Å². The molecule has 1 aliphatic rings. The van der Waals surface area contributed by atoms with Crippen molar-refractivity contribution in [3.8, 4) is 0 Å². The molecular formula is C21H25FN4O5S. The lowest BCUT2D eigenvalue weighted by atomic mass is 10.2. The van der Waals surface area contributed by atoms with Gasteiger partial charge in [-0.25, -0.2) is 17.6 Å². The van der Waals surface area contributed by atoms with Gasteiger partial charge in [-0.2, -0.15) is 4.31 Å². The van der Waals surface area contributed by atoms with Gasteiger partial charge in [0.2, 0.25) is 10.0 Å². The summed E-state index contributed by atoms with van der Waals surface area (Å²) in [6.07, 6.45) is 0. The molecule has 2 aromatic carbocycles. The largest absolute Gasteiger partial charge is 0.379 e. The minimum atomic E-state index is -4.06. The molecule has 32 heavy (non-hydrogen) atoms. The standard InChI is InChI=1S/C21H25FN4O5S/c1-14(2)23-21(28)25-16-5-3-15(4-6-16)20(27)24-17-7-8-18(22)19(13-17)32(29,30)26-9-11-31-12-10-26/h3-8,13-14H,9-12H2,1-2H3,(H,24,27)(H2,23,25,28). The van der Waals surface area contributed by atoms with E-state index in [0.29, 0.717) is 5.69 Å². The number of carbonyl (C=O) groups is 2. The van der Waals surface area contributed by atoms with E-state index in [1.54, 1.807) is 12.1 Å². The first-order chi connectivity index (χ1) is 15.2. The Balaban J connectivity index is 1.71. The van der Waals surface area contributed by atoms with Gasteiger partial charge >= 0.3 is 6.03 Å². The van der Waals surface area contributed by atoms with Crippen molar-refractivity contribution in [1.82, 2.24) is 9.62 Å². The van der Waals surface area contributed by atoms with Gasteiger partial charge in [0.25, 0.3) is 5.91 Å². The van der Waals surface area contributed by atoms with Crippen molar-refractivity contribution in [2.24, 2.45) is 0 Å². The summed E-state index contributed by atoms with van der Waals surface area (Å²) in [7, 11) is -4.06. The molecule has 0 aliphatic carbocycles. The molecule has 1 saturated heterocycles. The lowest BCUT2D eigenvalue weighted by molar-refractivity contribution is 0.0729. The number of nitrogens with zero attached hydrogens (tertiary/aromatic N) is 1. The Morgan fingerprint density at radius 2 is 1.62 bits per heavy atom. The number of rotatable bonds is 6. The van der Waals surface area contributed by atoms with Gasteiger partial charge in [0.1, 0.15) is 10.7 Å². The van der Waals surface area contributed by atoms with Crippen molar-refractivity contribution >= 4 is 33.3 Å². The maximum atomic E-state index is 14.3. The van der Waals surface area contributed by atoms with E-state index in [0.717, 1.165) is 16.4 Å². The lowest BCUT2D eigenvalue weighted by Crippen LogP contribution is -2.40. The summed E-state index contributed by atoms with van der Waals surface area (Å²) >= 11 is 0. The van der Waals surface area contributed by atoms with Crippen LogP contribution in [0.15, 0.2) is 47.4 Å². The highest BCUT2D eigenvalue weighted by Gasteiger charge is 2.29. The molecule has 0 bridgehead atoms. The Labute approximate surface area is 186 Å². The highest BCUT2D eigenvalue weighted by Crippen LogP contribution is 2.24. The molecule has 0 atom stereocenters. The van der Waals surface area contributed by atoms with Gasteiger partial charge in [-0.15, -0.1) is 0 Å². The Hall–Kier alpha value is -3.02. The fourth-order valence-electron chi connectivity index (χ4n) is 3.04. The first-order valence-electron chi connectivity index (χ1n) is 10.0. The molecular weight excluding hydrogens is 439 g/mol. The van der Waals surface area contributed by atoms with Crippen molar-refractivity contribution in [3.63, 3.8) is 0 Å². The number of ether oxygens (including phenoxy) is 1. The molecule has 0 radical (unpaired) electrons. The summed E-state index contributed by atoms with van der Waals surface area (Å²) in [5.41, 5.74) is 0.920. The topological polar surface area (TPSA) is 117 Å². The van der Waals surface area contributed by atoms with E-state index in [-0.39, 0.29) is 49.6 Å². The number of nitrogens with one attached hydrogen (secondary N) is 3. The van der Waals surface area contributed by atoms with E-state index in [1.807, 2.05) is 13.8 Å². The van der Waals surface area contributed by atoms with Crippen LogP contribution in [0.4, 0.5) is 20.6 Å². The van der Waals surface area contributed by atoms with E-state index in [1.165, 1.54) is 18.2 Å². The summed E-state index contributed by atoms with van der Waals surface area (Å²) in [5.74, 6) is -1.41. The van der Waals surface area contributed by atoms with Gasteiger partial charge in [-0.05, 0) is 56.3 Å². The molecule has 0 aromatic heterocycles. The normalized spacial score (nSPS) is 14.8. The molecule has 0 saturated carbocycles. The zero-order valence-electron chi connectivity index (χ0n) is 17.7. The fourth-order valence-corrected chi connectivity index (χ4v) is 4.54. The molecule has 3 amide bonds. The predicted octanol–water partition coefficient (Wildman–Crippen LogP) is 2.63. The van der Waals surface area contributed by atoms with Gasteiger partial charge in [0.15, 0.2) is 0 Å². The third kappa shape index (κ3) is 5.81. The zero-order valence-corrected chi connectivity index (χ0v) is 18.5. The second-order valence-electron chi connectivity index (χ2n) is 7.45. The quantitative estimate of drug-likeness (QED) is 0.608. The third-order valence-corrected chi connectivity index (χ3v) is 6.52. The van der Waals surface area contributed by atoms with Crippen LogP contribution in [-0.4, -0.2) is 57.0 Å². The van der Waals surface area contributed by atoms with Crippen LogP contribution in [0.25, 0.3) is 0 Å². The fraction of sp³-hybridized carbons (Fsp3) is 0.333. The Morgan fingerprint density at radius 3 is 2.25 bits per heavy atom. The number of amides is 3. The Bertz CT molecular complexity index is 1080. The van der Waals surface area contributed by atoms with Crippen LogP contribution in [0.1, 0.15) is 24.2 Å². The summed E-state index contributed by atoms with van der Waals surface area (Å²) in [6, 6.07) is 9.15. The number of hydrogen-bond donors (Lipinski definition) is 3.